The number of rotatable bonds is 7. The van der Waals surface area contributed by atoms with E-state index in [1.54, 1.807) is 11.3 Å². The smallest absolute Gasteiger partial charge is 0.0670 e. The second kappa shape index (κ2) is 6.87. The second-order valence-electron chi connectivity index (χ2n) is 4.94. The van der Waals surface area contributed by atoms with Crippen molar-refractivity contribution in [3.8, 4) is 0 Å². The Morgan fingerprint density at radius 1 is 1.32 bits per heavy atom. The van der Waals surface area contributed by atoms with Crippen LogP contribution in [0.1, 0.15) is 35.9 Å². The van der Waals surface area contributed by atoms with Gasteiger partial charge in [-0.3, -0.25) is 4.68 Å². The molecule has 2 heterocycles. The predicted octanol–water partition coefficient (Wildman–Crippen LogP) is 3.15. The molecule has 0 atom stereocenters. The number of thiophene rings is 1. The molecule has 2 aromatic rings. The lowest BCUT2D eigenvalue weighted by molar-refractivity contribution is 0.654. The molecular weight excluding hydrogens is 254 g/mol. The molecule has 104 valence electrons. The lowest BCUT2D eigenvalue weighted by Gasteiger charge is -2.05. The predicted molar refractivity (Wildman–Crippen MR) is 82.0 cm³/mol. The molecule has 0 amide bonds. The maximum Gasteiger partial charge on any atom is 0.0670 e. The van der Waals surface area contributed by atoms with Gasteiger partial charge in [0, 0.05) is 5.69 Å². The Morgan fingerprint density at radius 3 is 2.84 bits per heavy atom. The van der Waals surface area contributed by atoms with Crippen LogP contribution in [0, 0.1) is 13.8 Å². The minimum Gasteiger partial charge on any atom is -0.316 e. The van der Waals surface area contributed by atoms with E-state index in [0.717, 1.165) is 26.1 Å². The fourth-order valence-electron chi connectivity index (χ4n) is 2.32. The molecule has 0 aliphatic carbocycles. The molecule has 0 fully saturated rings. The number of hydrogen-bond donors (Lipinski definition) is 1. The third-order valence-electron chi connectivity index (χ3n) is 3.42. The third kappa shape index (κ3) is 3.67. The number of nitrogens with one attached hydrogen (secondary N) is 1. The lowest BCUT2D eigenvalue weighted by atomic mass is 10.1. The van der Waals surface area contributed by atoms with Gasteiger partial charge in [0.05, 0.1) is 12.2 Å². The van der Waals surface area contributed by atoms with Crippen LogP contribution in [0.3, 0.4) is 0 Å². The molecule has 0 spiro atoms. The maximum absolute atomic E-state index is 4.68. The van der Waals surface area contributed by atoms with E-state index in [0.29, 0.717) is 0 Å². The molecule has 0 unspecified atom stereocenters. The van der Waals surface area contributed by atoms with Crippen molar-refractivity contribution in [2.45, 2.75) is 40.2 Å². The first kappa shape index (κ1) is 14.3. The molecule has 19 heavy (non-hydrogen) atoms. The summed E-state index contributed by atoms with van der Waals surface area (Å²) >= 11 is 1.74. The highest BCUT2D eigenvalue weighted by atomic mass is 32.1. The van der Waals surface area contributed by atoms with E-state index in [9.17, 15) is 0 Å². The van der Waals surface area contributed by atoms with Gasteiger partial charge in [-0.25, -0.2) is 0 Å². The highest BCUT2D eigenvalue weighted by Crippen LogP contribution is 2.16. The van der Waals surface area contributed by atoms with Gasteiger partial charge in [-0.2, -0.15) is 16.4 Å². The van der Waals surface area contributed by atoms with Crippen LogP contribution in [0.2, 0.25) is 0 Å². The normalized spacial score (nSPS) is 11.1. The Hall–Kier alpha value is -1.13. The molecule has 0 aromatic carbocycles. The zero-order valence-corrected chi connectivity index (χ0v) is 12.9. The molecule has 4 heteroatoms. The first-order valence-corrected chi connectivity index (χ1v) is 7.91. The molecule has 3 nitrogen and oxygen atoms in total. The lowest BCUT2D eigenvalue weighted by Crippen LogP contribution is -2.18. The fourth-order valence-corrected chi connectivity index (χ4v) is 2.98. The summed E-state index contributed by atoms with van der Waals surface area (Å²) in [5.41, 5.74) is 5.22. The minimum atomic E-state index is 0.887. The fraction of sp³-hybridized carbons (Fsp3) is 0.533. The summed E-state index contributed by atoms with van der Waals surface area (Å²) < 4.78 is 2.13. The van der Waals surface area contributed by atoms with Crippen molar-refractivity contribution in [2.75, 3.05) is 13.1 Å². The van der Waals surface area contributed by atoms with Gasteiger partial charge in [0.25, 0.3) is 0 Å². The number of hydrogen-bond acceptors (Lipinski definition) is 3. The van der Waals surface area contributed by atoms with Crippen molar-refractivity contribution < 1.29 is 0 Å². The van der Waals surface area contributed by atoms with Crippen molar-refractivity contribution in [2.24, 2.45) is 0 Å². The van der Waals surface area contributed by atoms with E-state index in [2.05, 4.69) is 52.7 Å². The Kier molecular flexibility index (Phi) is 5.16. The van der Waals surface area contributed by atoms with E-state index < -0.39 is 0 Å². The molecule has 0 aliphatic rings. The molecule has 0 saturated carbocycles. The Balaban J connectivity index is 2.02. The van der Waals surface area contributed by atoms with Crippen molar-refractivity contribution >= 4 is 11.3 Å². The van der Waals surface area contributed by atoms with Gasteiger partial charge in [-0.15, -0.1) is 0 Å². The summed E-state index contributed by atoms with van der Waals surface area (Å²) in [6, 6.07) is 2.17. The Bertz CT molecular complexity index is 500. The van der Waals surface area contributed by atoms with Crippen LogP contribution in [0.15, 0.2) is 16.8 Å². The van der Waals surface area contributed by atoms with Crippen LogP contribution < -0.4 is 5.32 Å². The van der Waals surface area contributed by atoms with E-state index >= 15 is 0 Å². The van der Waals surface area contributed by atoms with E-state index in [4.69, 9.17) is 0 Å². The topological polar surface area (TPSA) is 29.9 Å². The number of nitrogens with zero attached hydrogens (tertiary/aromatic N) is 2. The molecule has 0 bridgehead atoms. The second-order valence-corrected chi connectivity index (χ2v) is 5.72. The molecule has 0 aliphatic heterocycles. The van der Waals surface area contributed by atoms with Crippen molar-refractivity contribution in [3.05, 3.63) is 39.3 Å². The summed E-state index contributed by atoms with van der Waals surface area (Å²) in [5, 5.41) is 12.4. The quantitative estimate of drug-likeness (QED) is 0.788. The Morgan fingerprint density at radius 2 is 2.16 bits per heavy atom. The Labute approximate surface area is 119 Å². The zero-order chi connectivity index (χ0) is 13.7. The van der Waals surface area contributed by atoms with E-state index in [1.165, 1.54) is 28.9 Å². The first-order valence-electron chi connectivity index (χ1n) is 6.97. The van der Waals surface area contributed by atoms with Crippen LogP contribution in [0.4, 0.5) is 0 Å². The monoisotopic (exact) mass is 277 g/mol. The molecule has 2 aromatic heterocycles. The summed E-state index contributed by atoms with van der Waals surface area (Å²) in [4.78, 5) is 0. The maximum atomic E-state index is 4.68. The van der Waals surface area contributed by atoms with Crippen LogP contribution in [0.25, 0.3) is 0 Å². The van der Waals surface area contributed by atoms with Gasteiger partial charge in [0.15, 0.2) is 0 Å². The summed E-state index contributed by atoms with van der Waals surface area (Å²) in [5.74, 6) is 0. The number of aryl methyl sites for hydroxylation is 1. The van der Waals surface area contributed by atoms with Gasteiger partial charge in [0.2, 0.25) is 0 Å². The van der Waals surface area contributed by atoms with Gasteiger partial charge in [-0.1, -0.05) is 6.92 Å². The van der Waals surface area contributed by atoms with Crippen LogP contribution in [-0.4, -0.2) is 22.9 Å². The van der Waals surface area contributed by atoms with Crippen LogP contribution in [-0.2, 0) is 13.0 Å². The zero-order valence-electron chi connectivity index (χ0n) is 12.1. The largest absolute Gasteiger partial charge is 0.316 e. The molecule has 1 N–H and O–H groups in total. The van der Waals surface area contributed by atoms with Gasteiger partial charge in [-0.05, 0) is 67.7 Å². The van der Waals surface area contributed by atoms with Gasteiger partial charge >= 0.3 is 0 Å². The summed E-state index contributed by atoms with van der Waals surface area (Å²) in [7, 11) is 0. The molecule has 0 saturated heterocycles. The van der Waals surface area contributed by atoms with E-state index in [1.807, 2.05) is 0 Å². The van der Waals surface area contributed by atoms with Crippen molar-refractivity contribution in [1.82, 2.24) is 15.1 Å². The summed E-state index contributed by atoms with van der Waals surface area (Å²) in [6.45, 7) is 9.52. The van der Waals surface area contributed by atoms with Gasteiger partial charge < -0.3 is 5.32 Å². The summed E-state index contributed by atoms with van der Waals surface area (Å²) in [6.07, 6.45) is 2.26. The van der Waals surface area contributed by atoms with Crippen molar-refractivity contribution in [1.29, 1.82) is 0 Å². The van der Waals surface area contributed by atoms with Crippen molar-refractivity contribution in [3.63, 3.8) is 0 Å². The average Bonchev–Trinajstić information content (AvgIpc) is 2.98. The van der Waals surface area contributed by atoms with E-state index in [-0.39, 0.29) is 0 Å². The number of aromatic nitrogens is 2. The SMILES string of the molecule is CCCNCCc1c(C)nn(Cc2ccsc2)c1C. The highest BCUT2D eigenvalue weighted by Gasteiger charge is 2.11. The standard InChI is InChI=1S/C15H23N3S/c1-4-7-16-8-5-15-12(2)17-18(13(15)3)10-14-6-9-19-11-14/h6,9,11,16H,4-5,7-8,10H2,1-3H3. The average molecular weight is 277 g/mol. The van der Waals surface area contributed by atoms with Gasteiger partial charge in [0.1, 0.15) is 0 Å². The minimum absolute atomic E-state index is 0.887. The molecule has 2 rings (SSSR count). The van der Waals surface area contributed by atoms with Crippen LogP contribution in [0.5, 0.6) is 0 Å². The molecular formula is C15H23N3S. The first-order chi connectivity index (χ1) is 9.22. The third-order valence-corrected chi connectivity index (χ3v) is 4.15. The molecule has 0 radical (unpaired) electrons. The van der Waals surface area contributed by atoms with Crippen LogP contribution >= 0.6 is 11.3 Å². The highest BCUT2D eigenvalue weighted by molar-refractivity contribution is 7.07.